The molecular weight excluding hydrogens is 429 g/mol. The fourth-order valence-corrected chi connectivity index (χ4v) is 5.24. The summed E-state index contributed by atoms with van der Waals surface area (Å²) < 4.78 is 5.43. The lowest BCUT2D eigenvalue weighted by Gasteiger charge is -2.18. The van der Waals surface area contributed by atoms with Gasteiger partial charge in [0.1, 0.15) is 5.00 Å². The lowest BCUT2D eigenvalue weighted by molar-refractivity contribution is -0.111. The van der Waals surface area contributed by atoms with Crippen molar-refractivity contribution in [2.75, 3.05) is 5.32 Å². The zero-order valence-electron chi connectivity index (χ0n) is 16.6. The Bertz CT molecular complexity index is 945. The van der Waals surface area contributed by atoms with E-state index in [0.717, 1.165) is 29.7 Å². The van der Waals surface area contributed by atoms with E-state index in [-0.39, 0.29) is 18.0 Å². The Morgan fingerprint density at radius 3 is 2.62 bits per heavy atom. The van der Waals surface area contributed by atoms with Gasteiger partial charge in [0.25, 0.3) is 0 Å². The van der Waals surface area contributed by atoms with Gasteiger partial charge in [-0.05, 0) is 62.8 Å². The van der Waals surface area contributed by atoms with Crippen LogP contribution >= 0.6 is 34.5 Å². The van der Waals surface area contributed by atoms with E-state index in [1.165, 1.54) is 17.4 Å². The number of halogens is 2. The molecule has 0 spiro atoms. The van der Waals surface area contributed by atoms with Crippen molar-refractivity contribution in [2.45, 2.75) is 46.1 Å². The number of ether oxygens (including phenoxy) is 1. The minimum absolute atomic E-state index is 0.230. The molecule has 0 radical (unpaired) electrons. The third kappa shape index (κ3) is 5.21. The molecule has 0 bridgehead atoms. The first kappa shape index (κ1) is 21.9. The first-order valence-corrected chi connectivity index (χ1v) is 11.1. The largest absolute Gasteiger partial charge is 0.459 e. The summed E-state index contributed by atoms with van der Waals surface area (Å²) in [6, 6.07) is 5.16. The fourth-order valence-electron chi connectivity index (χ4n) is 3.31. The Kier molecular flexibility index (Phi) is 7.04. The molecule has 1 amide bonds. The van der Waals surface area contributed by atoms with E-state index in [1.807, 2.05) is 13.8 Å². The highest BCUT2D eigenvalue weighted by atomic mass is 35.5. The van der Waals surface area contributed by atoms with Crippen molar-refractivity contribution in [3.8, 4) is 0 Å². The Labute approximate surface area is 184 Å². The van der Waals surface area contributed by atoms with Crippen LogP contribution in [0.3, 0.4) is 0 Å². The molecule has 7 heteroatoms. The van der Waals surface area contributed by atoms with E-state index in [2.05, 4.69) is 12.2 Å². The molecule has 1 aliphatic carbocycles. The maximum absolute atomic E-state index is 12.7. The average Bonchev–Trinajstić information content (AvgIpc) is 2.97. The van der Waals surface area contributed by atoms with Crippen molar-refractivity contribution >= 4 is 57.5 Å². The Balaban J connectivity index is 1.87. The number of thiophene rings is 1. The number of esters is 1. The van der Waals surface area contributed by atoms with Gasteiger partial charge in [0.15, 0.2) is 0 Å². The third-order valence-electron chi connectivity index (χ3n) is 4.70. The average molecular weight is 452 g/mol. The number of nitrogens with one attached hydrogen (secondary N) is 1. The highest BCUT2D eigenvalue weighted by Crippen LogP contribution is 2.40. The van der Waals surface area contributed by atoms with Crippen molar-refractivity contribution in [1.29, 1.82) is 0 Å². The number of anilines is 1. The summed E-state index contributed by atoms with van der Waals surface area (Å²) in [4.78, 5) is 26.4. The molecule has 0 fully saturated rings. The predicted molar refractivity (Wildman–Crippen MR) is 120 cm³/mol. The second kappa shape index (κ2) is 9.33. The van der Waals surface area contributed by atoms with E-state index in [0.29, 0.717) is 32.1 Å². The molecule has 4 nitrogen and oxygen atoms in total. The maximum Gasteiger partial charge on any atom is 0.341 e. The Morgan fingerprint density at radius 1 is 1.28 bits per heavy atom. The summed E-state index contributed by atoms with van der Waals surface area (Å²) in [6.07, 6.45) is 5.45. The van der Waals surface area contributed by atoms with Crippen LogP contribution in [0, 0.1) is 5.92 Å². The molecule has 1 aliphatic rings. The van der Waals surface area contributed by atoms with Crippen LogP contribution < -0.4 is 5.32 Å². The molecule has 1 atom stereocenters. The number of carbonyl (C=O) groups excluding carboxylic acids is 2. The first-order valence-electron chi connectivity index (χ1n) is 9.54. The van der Waals surface area contributed by atoms with Gasteiger partial charge in [-0.2, -0.15) is 0 Å². The molecule has 1 aromatic heterocycles. The lowest BCUT2D eigenvalue weighted by atomic mass is 9.88. The van der Waals surface area contributed by atoms with E-state index in [9.17, 15) is 9.59 Å². The SMILES string of the molecule is CC1CCc2c(sc(NC(=O)/C=C/c3c(Cl)cccc3Cl)c2C(=O)OC(C)C)C1. The van der Waals surface area contributed by atoms with Crippen molar-refractivity contribution < 1.29 is 14.3 Å². The van der Waals surface area contributed by atoms with Gasteiger partial charge in [-0.1, -0.05) is 36.2 Å². The van der Waals surface area contributed by atoms with Crippen LogP contribution in [0.15, 0.2) is 24.3 Å². The van der Waals surface area contributed by atoms with Crippen LogP contribution in [0.1, 0.15) is 53.6 Å². The molecule has 29 heavy (non-hydrogen) atoms. The zero-order chi connectivity index (χ0) is 21.1. The standard InChI is InChI=1S/C22H23Cl2NO3S/c1-12(2)28-22(27)20-15-8-7-13(3)11-18(15)29-21(20)25-19(26)10-9-14-16(23)5-4-6-17(14)24/h4-6,9-10,12-13H,7-8,11H2,1-3H3,(H,25,26)/b10-9+. The van der Waals surface area contributed by atoms with Gasteiger partial charge in [0.2, 0.25) is 5.91 Å². The van der Waals surface area contributed by atoms with Crippen LogP contribution in [-0.2, 0) is 22.4 Å². The van der Waals surface area contributed by atoms with Crippen molar-refractivity contribution in [2.24, 2.45) is 5.92 Å². The second-order valence-electron chi connectivity index (χ2n) is 7.47. The van der Waals surface area contributed by atoms with Gasteiger partial charge in [0.05, 0.1) is 11.7 Å². The highest BCUT2D eigenvalue weighted by Gasteiger charge is 2.29. The minimum atomic E-state index is -0.388. The van der Waals surface area contributed by atoms with Gasteiger partial charge in [-0.3, -0.25) is 4.79 Å². The summed E-state index contributed by atoms with van der Waals surface area (Å²) >= 11 is 13.7. The fraction of sp³-hybridized carbons (Fsp3) is 0.364. The molecule has 154 valence electrons. The Hall–Kier alpha value is -1.82. The van der Waals surface area contributed by atoms with Crippen LogP contribution in [0.2, 0.25) is 10.0 Å². The van der Waals surface area contributed by atoms with Gasteiger partial charge in [0, 0.05) is 26.6 Å². The number of fused-ring (bicyclic) bond motifs is 1. The smallest absolute Gasteiger partial charge is 0.341 e. The summed E-state index contributed by atoms with van der Waals surface area (Å²) in [6.45, 7) is 5.82. The highest BCUT2D eigenvalue weighted by molar-refractivity contribution is 7.17. The van der Waals surface area contributed by atoms with E-state index in [4.69, 9.17) is 27.9 Å². The normalized spacial score (nSPS) is 16.1. The molecule has 2 aromatic rings. The quantitative estimate of drug-likeness (QED) is 0.422. The third-order valence-corrected chi connectivity index (χ3v) is 6.53. The molecule has 1 N–H and O–H groups in total. The molecule has 1 unspecified atom stereocenters. The number of hydrogen-bond donors (Lipinski definition) is 1. The minimum Gasteiger partial charge on any atom is -0.459 e. The van der Waals surface area contributed by atoms with E-state index in [1.54, 1.807) is 24.3 Å². The number of amides is 1. The number of carbonyl (C=O) groups is 2. The van der Waals surface area contributed by atoms with Crippen LogP contribution in [0.5, 0.6) is 0 Å². The maximum atomic E-state index is 12.7. The van der Waals surface area contributed by atoms with Gasteiger partial charge in [-0.25, -0.2) is 4.79 Å². The van der Waals surface area contributed by atoms with Crippen molar-refractivity contribution in [3.05, 3.63) is 55.9 Å². The predicted octanol–water partition coefficient (Wildman–Crippen LogP) is 6.40. The van der Waals surface area contributed by atoms with E-state index >= 15 is 0 Å². The molecule has 1 aromatic carbocycles. The molecule has 1 heterocycles. The monoisotopic (exact) mass is 451 g/mol. The second-order valence-corrected chi connectivity index (χ2v) is 9.39. The van der Waals surface area contributed by atoms with Gasteiger partial charge in [-0.15, -0.1) is 11.3 Å². The summed E-state index contributed by atoms with van der Waals surface area (Å²) in [7, 11) is 0. The summed E-state index contributed by atoms with van der Waals surface area (Å²) in [5, 5.41) is 4.31. The first-order chi connectivity index (χ1) is 13.8. The van der Waals surface area contributed by atoms with Crippen LogP contribution in [-0.4, -0.2) is 18.0 Å². The van der Waals surface area contributed by atoms with Gasteiger partial charge >= 0.3 is 5.97 Å². The molecular formula is C22H23Cl2NO3S. The molecule has 0 saturated carbocycles. The van der Waals surface area contributed by atoms with Crippen molar-refractivity contribution in [3.63, 3.8) is 0 Å². The van der Waals surface area contributed by atoms with Crippen molar-refractivity contribution in [1.82, 2.24) is 0 Å². The van der Waals surface area contributed by atoms with Crippen LogP contribution in [0.25, 0.3) is 6.08 Å². The van der Waals surface area contributed by atoms with Gasteiger partial charge < -0.3 is 10.1 Å². The molecule has 0 aliphatic heterocycles. The summed E-state index contributed by atoms with van der Waals surface area (Å²) in [5.74, 6) is -0.187. The lowest BCUT2D eigenvalue weighted by Crippen LogP contribution is -2.18. The number of rotatable bonds is 5. The zero-order valence-corrected chi connectivity index (χ0v) is 18.9. The molecule has 0 saturated heterocycles. The topological polar surface area (TPSA) is 55.4 Å². The Morgan fingerprint density at radius 2 is 1.97 bits per heavy atom. The van der Waals surface area contributed by atoms with Crippen LogP contribution in [0.4, 0.5) is 5.00 Å². The van der Waals surface area contributed by atoms with E-state index < -0.39 is 0 Å². The number of hydrogen-bond acceptors (Lipinski definition) is 4. The number of benzene rings is 1. The summed E-state index contributed by atoms with van der Waals surface area (Å²) in [5.41, 5.74) is 2.07. The molecule has 3 rings (SSSR count).